The van der Waals surface area contributed by atoms with Crippen molar-refractivity contribution in [1.82, 2.24) is 14.7 Å². The molecule has 1 amide bonds. The highest BCUT2D eigenvalue weighted by atomic mass is 32.1. The number of likely N-dealkylation sites (tertiary alicyclic amines) is 1. The molecule has 1 aliphatic rings. The Labute approximate surface area is 197 Å². The van der Waals surface area contributed by atoms with E-state index >= 15 is 0 Å². The van der Waals surface area contributed by atoms with Gasteiger partial charge in [0.1, 0.15) is 5.69 Å². The second-order valence-corrected chi connectivity index (χ2v) is 9.48. The van der Waals surface area contributed by atoms with Crippen molar-refractivity contribution < 1.29 is 9.90 Å². The second kappa shape index (κ2) is 9.73. The smallest absolute Gasteiger partial charge is 0.257 e. The maximum atomic E-state index is 13.5. The molecule has 3 heterocycles. The van der Waals surface area contributed by atoms with E-state index in [4.69, 9.17) is 5.10 Å². The van der Waals surface area contributed by atoms with Gasteiger partial charge in [0.15, 0.2) is 0 Å². The van der Waals surface area contributed by atoms with Crippen molar-refractivity contribution in [2.45, 2.75) is 25.5 Å². The van der Waals surface area contributed by atoms with Crippen LogP contribution < -0.4 is 0 Å². The molecule has 6 heteroatoms. The number of nitrogens with zero attached hydrogens (tertiary/aromatic N) is 3. The molecule has 5 rings (SSSR count). The minimum atomic E-state index is -0.487. The Morgan fingerprint density at radius 2 is 1.70 bits per heavy atom. The lowest BCUT2D eigenvalue weighted by Gasteiger charge is -2.34. The van der Waals surface area contributed by atoms with E-state index in [9.17, 15) is 9.90 Å². The van der Waals surface area contributed by atoms with Crippen LogP contribution in [0.3, 0.4) is 0 Å². The maximum absolute atomic E-state index is 13.5. The average molecular weight is 458 g/mol. The van der Waals surface area contributed by atoms with E-state index in [1.807, 2.05) is 81.8 Å². The van der Waals surface area contributed by atoms with Crippen molar-refractivity contribution >= 4 is 17.2 Å². The first-order valence-electron chi connectivity index (χ1n) is 11.4. The average Bonchev–Trinajstić information content (AvgIpc) is 3.55. The van der Waals surface area contributed by atoms with Gasteiger partial charge in [-0.2, -0.15) is 5.10 Å². The van der Waals surface area contributed by atoms with Crippen molar-refractivity contribution in [3.05, 3.63) is 101 Å². The molecule has 1 unspecified atom stereocenters. The number of hydrogen-bond acceptors (Lipinski definition) is 4. The molecular formula is C27H27N3O2S. The number of aliphatic hydroxyl groups is 1. The fraction of sp³-hybridized carbons (Fsp3) is 0.259. The molecule has 1 saturated heterocycles. The number of hydrogen-bond donors (Lipinski definition) is 1. The van der Waals surface area contributed by atoms with Gasteiger partial charge in [0.25, 0.3) is 5.91 Å². The molecule has 0 bridgehead atoms. The lowest BCUT2D eigenvalue weighted by molar-refractivity contribution is 0.0463. The van der Waals surface area contributed by atoms with Gasteiger partial charge < -0.3 is 10.0 Å². The van der Waals surface area contributed by atoms with E-state index in [1.165, 1.54) is 0 Å². The van der Waals surface area contributed by atoms with Crippen LogP contribution in [0.5, 0.6) is 0 Å². The van der Waals surface area contributed by atoms with Crippen molar-refractivity contribution in [3.8, 4) is 10.6 Å². The number of thiophene rings is 1. The van der Waals surface area contributed by atoms with Gasteiger partial charge >= 0.3 is 0 Å². The fourth-order valence-corrected chi connectivity index (χ4v) is 5.26. The Balaban J connectivity index is 1.33. The van der Waals surface area contributed by atoms with E-state index in [0.717, 1.165) is 34.5 Å². The molecule has 2 aromatic carbocycles. The van der Waals surface area contributed by atoms with E-state index < -0.39 is 6.10 Å². The van der Waals surface area contributed by atoms with E-state index in [-0.39, 0.29) is 11.8 Å². The Morgan fingerprint density at radius 1 is 1.00 bits per heavy atom. The maximum Gasteiger partial charge on any atom is 0.257 e. The van der Waals surface area contributed by atoms with Crippen LogP contribution in [0.15, 0.2) is 84.4 Å². The minimum absolute atomic E-state index is 0.0189. The summed E-state index contributed by atoms with van der Waals surface area (Å²) in [7, 11) is 0. The van der Waals surface area contributed by atoms with Crippen molar-refractivity contribution in [2.75, 3.05) is 13.1 Å². The summed E-state index contributed by atoms with van der Waals surface area (Å²) in [5.74, 6) is 0.180. The van der Waals surface area contributed by atoms with Crippen LogP contribution in [0.1, 0.15) is 40.4 Å². The number of rotatable bonds is 6. The van der Waals surface area contributed by atoms with Crippen molar-refractivity contribution in [2.24, 2.45) is 5.92 Å². The quantitative estimate of drug-likeness (QED) is 0.430. The number of aromatic nitrogens is 2. The molecule has 2 aromatic heterocycles. The van der Waals surface area contributed by atoms with Crippen molar-refractivity contribution in [1.29, 1.82) is 0 Å². The summed E-state index contributed by atoms with van der Waals surface area (Å²) in [5.41, 5.74) is 3.49. The highest BCUT2D eigenvalue weighted by Crippen LogP contribution is 2.33. The Hall–Kier alpha value is -3.22. The number of benzene rings is 2. The van der Waals surface area contributed by atoms with E-state index in [2.05, 4.69) is 12.1 Å². The molecule has 33 heavy (non-hydrogen) atoms. The summed E-state index contributed by atoms with van der Waals surface area (Å²) in [4.78, 5) is 16.5. The van der Waals surface area contributed by atoms with Crippen LogP contribution in [-0.4, -0.2) is 38.8 Å². The number of aliphatic hydroxyl groups excluding tert-OH is 1. The monoisotopic (exact) mass is 457 g/mol. The Morgan fingerprint density at radius 3 is 2.36 bits per heavy atom. The summed E-state index contributed by atoms with van der Waals surface area (Å²) in [6, 6.07) is 24.0. The van der Waals surface area contributed by atoms with Crippen LogP contribution >= 0.6 is 11.3 Å². The lowest BCUT2D eigenvalue weighted by Crippen LogP contribution is -2.39. The highest BCUT2D eigenvalue weighted by molar-refractivity contribution is 7.13. The molecule has 168 valence electrons. The number of piperidine rings is 1. The minimum Gasteiger partial charge on any atom is -0.388 e. The van der Waals surface area contributed by atoms with Gasteiger partial charge in [0.2, 0.25) is 0 Å². The van der Waals surface area contributed by atoms with Gasteiger partial charge in [-0.3, -0.25) is 9.48 Å². The molecule has 0 saturated carbocycles. The summed E-state index contributed by atoms with van der Waals surface area (Å²) in [5, 5.41) is 17.6. The molecule has 0 radical (unpaired) electrons. The number of carbonyl (C=O) groups excluding carboxylic acids is 1. The first-order valence-corrected chi connectivity index (χ1v) is 12.2. The zero-order valence-electron chi connectivity index (χ0n) is 18.4. The Bertz CT molecular complexity index is 1180. The zero-order valence-corrected chi connectivity index (χ0v) is 19.2. The molecule has 0 spiro atoms. The predicted molar refractivity (Wildman–Crippen MR) is 131 cm³/mol. The largest absolute Gasteiger partial charge is 0.388 e. The van der Waals surface area contributed by atoms with Gasteiger partial charge in [0, 0.05) is 19.3 Å². The second-order valence-electron chi connectivity index (χ2n) is 8.54. The van der Waals surface area contributed by atoms with Gasteiger partial charge in [-0.15, -0.1) is 11.3 Å². The summed E-state index contributed by atoms with van der Waals surface area (Å²) in [6.45, 7) is 1.90. The third-order valence-corrected chi connectivity index (χ3v) is 7.23. The molecule has 1 aliphatic heterocycles. The summed E-state index contributed by atoms with van der Waals surface area (Å²) in [6.07, 6.45) is 2.97. The first kappa shape index (κ1) is 21.6. The Kier molecular flexibility index (Phi) is 6.37. The van der Waals surface area contributed by atoms with Gasteiger partial charge in [-0.25, -0.2) is 0 Å². The number of amides is 1. The van der Waals surface area contributed by atoms with Crippen molar-refractivity contribution in [3.63, 3.8) is 0 Å². The molecule has 4 aromatic rings. The molecule has 0 aliphatic carbocycles. The van der Waals surface area contributed by atoms with Crippen LogP contribution in [0, 0.1) is 5.92 Å². The van der Waals surface area contributed by atoms with Gasteiger partial charge in [0.05, 0.1) is 23.1 Å². The standard InChI is InChI=1S/C27H27N3O2S/c31-26(21-10-5-2-6-11-21)22-13-15-29(16-14-22)27(32)23-19-30(18-20-8-3-1-4-9-20)28-25(23)24-12-7-17-33-24/h1-12,17,19,22,26,31H,13-16,18H2. The van der Waals surface area contributed by atoms with Crippen LogP contribution in [0.4, 0.5) is 0 Å². The normalized spacial score (nSPS) is 15.5. The molecule has 1 N–H and O–H groups in total. The highest BCUT2D eigenvalue weighted by Gasteiger charge is 2.30. The first-order chi connectivity index (χ1) is 16.2. The SMILES string of the molecule is O=C(c1cn(Cc2ccccc2)nc1-c1cccs1)N1CCC(C(O)c2ccccc2)CC1. The third-order valence-electron chi connectivity index (χ3n) is 6.35. The third kappa shape index (κ3) is 4.77. The predicted octanol–water partition coefficient (Wildman–Crippen LogP) is 5.25. The topological polar surface area (TPSA) is 58.4 Å². The summed E-state index contributed by atoms with van der Waals surface area (Å²) < 4.78 is 1.86. The summed E-state index contributed by atoms with van der Waals surface area (Å²) >= 11 is 1.60. The van der Waals surface area contributed by atoms with Crippen LogP contribution in [0.2, 0.25) is 0 Å². The van der Waals surface area contributed by atoms with Gasteiger partial charge in [-0.1, -0.05) is 66.7 Å². The van der Waals surface area contributed by atoms with Gasteiger partial charge in [-0.05, 0) is 41.3 Å². The zero-order chi connectivity index (χ0) is 22.6. The van der Waals surface area contributed by atoms with Crippen LogP contribution in [-0.2, 0) is 6.54 Å². The van der Waals surface area contributed by atoms with Crippen LogP contribution in [0.25, 0.3) is 10.6 Å². The molecule has 1 atom stereocenters. The number of carbonyl (C=O) groups is 1. The van der Waals surface area contributed by atoms with E-state index in [0.29, 0.717) is 25.2 Å². The molecule has 1 fully saturated rings. The lowest BCUT2D eigenvalue weighted by atomic mass is 9.87. The molecule has 5 nitrogen and oxygen atoms in total. The fourth-order valence-electron chi connectivity index (χ4n) is 4.54. The molecular weight excluding hydrogens is 430 g/mol. The van der Waals surface area contributed by atoms with E-state index in [1.54, 1.807) is 11.3 Å².